The molecule has 0 aliphatic carbocycles. The van der Waals surface area contributed by atoms with Crippen LogP contribution in [0.15, 0.2) is 103 Å². The van der Waals surface area contributed by atoms with E-state index in [1.807, 2.05) is 68.3 Å². The number of carbonyl (C=O) groups excluding carboxylic acids is 1. The highest BCUT2D eigenvalue weighted by Gasteiger charge is 2.27. The van der Waals surface area contributed by atoms with Crippen molar-refractivity contribution in [1.82, 2.24) is 19.8 Å². The van der Waals surface area contributed by atoms with Gasteiger partial charge in [0.1, 0.15) is 23.2 Å². The van der Waals surface area contributed by atoms with E-state index in [0.29, 0.717) is 29.6 Å². The lowest BCUT2D eigenvalue weighted by Gasteiger charge is -2.15. The number of aromatic nitrogens is 2. The Labute approximate surface area is 368 Å². The lowest BCUT2D eigenvalue weighted by atomic mass is 10.0. The number of furan rings is 2. The van der Waals surface area contributed by atoms with Crippen molar-refractivity contribution < 1.29 is 23.5 Å². The van der Waals surface area contributed by atoms with Gasteiger partial charge in [-0.3, -0.25) is 4.79 Å². The van der Waals surface area contributed by atoms with Crippen molar-refractivity contribution in [3.8, 4) is 0 Å². The fourth-order valence-electron chi connectivity index (χ4n) is 6.48. The van der Waals surface area contributed by atoms with Gasteiger partial charge in [0.2, 0.25) is 5.76 Å². The summed E-state index contributed by atoms with van der Waals surface area (Å²) in [4.78, 5) is 35.6. The summed E-state index contributed by atoms with van der Waals surface area (Å²) in [5.74, 6) is 2.12. The highest BCUT2D eigenvalue weighted by Crippen LogP contribution is 2.39. The zero-order valence-corrected chi connectivity index (χ0v) is 37.2. The van der Waals surface area contributed by atoms with Gasteiger partial charge in [0.15, 0.2) is 5.76 Å². The fraction of sp³-hybridized carbons (Fsp3) is 0.238. The zero-order valence-electron chi connectivity index (χ0n) is 32.5. The summed E-state index contributed by atoms with van der Waals surface area (Å²) in [5, 5.41) is 19.6. The molecule has 2 aliphatic heterocycles. The average Bonchev–Trinajstić information content (AvgIpc) is 4.00. The number of carboxylic acids is 1. The molecule has 59 heavy (non-hydrogen) atoms. The molecule has 13 nitrogen and oxygen atoms in total. The Morgan fingerprint density at radius 3 is 1.76 bits per heavy atom. The largest absolute Gasteiger partial charge is 0.475 e. The Balaban J connectivity index is 0.000000165. The second-order valence-corrected chi connectivity index (χ2v) is 17.1. The van der Waals surface area contributed by atoms with Crippen LogP contribution in [-0.4, -0.2) is 64.9 Å². The normalized spacial score (nSPS) is 14.9. The number of nitrogens with one attached hydrogen (secondary N) is 3. The number of carbonyl (C=O) groups is 2. The summed E-state index contributed by atoms with van der Waals surface area (Å²) in [7, 11) is 7.67. The van der Waals surface area contributed by atoms with E-state index in [-0.39, 0.29) is 29.5 Å². The number of amides is 1. The molecule has 1 amide bonds. The van der Waals surface area contributed by atoms with Crippen LogP contribution in [0.4, 0.5) is 23.0 Å². The maximum absolute atomic E-state index is 12.6. The van der Waals surface area contributed by atoms with Crippen molar-refractivity contribution in [2.24, 2.45) is 0 Å². The molecule has 0 saturated heterocycles. The third-order valence-electron chi connectivity index (χ3n) is 9.06. The maximum atomic E-state index is 12.6. The summed E-state index contributed by atoms with van der Waals surface area (Å²) in [6.45, 7) is 1.25. The van der Waals surface area contributed by atoms with E-state index in [9.17, 15) is 9.59 Å². The molecule has 6 aromatic rings. The average molecular weight is 970 g/mol. The minimum atomic E-state index is -1.03. The zero-order chi connectivity index (χ0) is 42.4. The van der Waals surface area contributed by atoms with Gasteiger partial charge in [-0.2, -0.15) is 0 Å². The summed E-state index contributed by atoms with van der Waals surface area (Å²) >= 11 is 19.6. The summed E-state index contributed by atoms with van der Waals surface area (Å²) in [6.07, 6.45) is 5.19. The number of hydrogen-bond donors (Lipinski definition) is 5. The van der Waals surface area contributed by atoms with E-state index >= 15 is 0 Å². The number of fused-ring (bicyclic) bond motifs is 2. The standard InChI is InChI=1S/C21H20BrClN4O2.C13H11BrClN3.C8H11NO3/c1-27(2)11-15-4-6-19(29-15)21(28)25-14-3-5-17(23)16(9-14)18-8-12-7-13(22)10-24-20(12)26-18;14-8-3-7-4-12(18-13(7)17-6-8)10-5-9(16)1-2-11(10)15;1-9(2)5-6-3-4-7(12-6)8(10)11/h3-7,9-10,18H,8,11H2,1-2H3,(H,24,26)(H,25,28);1-3,5-6,12H,4,16H2,(H,17,18);3-4H,5H2,1-2H3,(H,10,11). The van der Waals surface area contributed by atoms with Gasteiger partial charge in [-0.05, 0) is 155 Å². The van der Waals surface area contributed by atoms with Crippen LogP contribution in [0.1, 0.15) is 67.0 Å². The van der Waals surface area contributed by atoms with Crippen LogP contribution in [0.2, 0.25) is 10.0 Å². The molecule has 0 fully saturated rings. The van der Waals surface area contributed by atoms with Crippen LogP contribution in [0.3, 0.4) is 0 Å². The van der Waals surface area contributed by atoms with Crippen molar-refractivity contribution in [3.63, 3.8) is 0 Å². The van der Waals surface area contributed by atoms with Gasteiger partial charge in [0, 0.05) is 55.6 Å². The van der Waals surface area contributed by atoms with Gasteiger partial charge in [-0.25, -0.2) is 14.8 Å². The number of rotatable bonds is 9. The number of pyridine rings is 2. The number of halogens is 4. The van der Waals surface area contributed by atoms with Crippen molar-refractivity contribution in [1.29, 1.82) is 0 Å². The number of anilines is 4. The molecular formula is C42H42Br2Cl2N8O5. The molecule has 0 radical (unpaired) electrons. The van der Waals surface area contributed by atoms with Gasteiger partial charge in [0.25, 0.3) is 5.91 Å². The Bertz CT molecular complexity index is 2460. The number of aromatic carboxylic acids is 1. The number of nitrogens with zero attached hydrogens (tertiary/aromatic N) is 4. The summed E-state index contributed by atoms with van der Waals surface area (Å²) in [6, 6.07) is 21.9. The van der Waals surface area contributed by atoms with Crippen molar-refractivity contribution >= 4 is 89.9 Å². The van der Waals surface area contributed by atoms with Crippen LogP contribution in [0.25, 0.3) is 0 Å². The molecule has 0 saturated carbocycles. The number of benzene rings is 2. The number of nitrogen functional groups attached to an aromatic ring is 1. The van der Waals surface area contributed by atoms with Gasteiger partial charge >= 0.3 is 5.97 Å². The first-order valence-corrected chi connectivity index (χ1v) is 20.6. The predicted molar refractivity (Wildman–Crippen MR) is 238 cm³/mol. The molecule has 6 heterocycles. The van der Waals surface area contributed by atoms with E-state index < -0.39 is 5.97 Å². The van der Waals surface area contributed by atoms with E-state index in [4.69, 9.17) is 42.9 Å². The minimum Gasteiger partial charge on any atom is -0.475 e. The van der Waals surface area contributed by atoms with Crippen LogP contribution >= 0.6 is 55.1 Å². The molecular weight excluding hydrogens is 927 g/mol. The van der Waals surface area contributed by atoms with E-state index in [0.717, 1.165) is 66.6 Å². The minimum absolute atomic E-state index is 0.00755. The first kappa shape index (κ1) is 43.7. The topological polar surface area (TPSA) is 175 Å². The first-order chi connectivity index (χ1) is 28.1. The molecule has 2 unspecified atom stereocenters. The molecule has 2 aliphatic rings. The van der Waals surface area contributed by atoms with Crippen molar-refractivity contribution in [2.75, 3.05) is 49.9 Å². The van der Waals surface area contributed by atoms with E-state index in [1.165, 1.54) is 11.6 Å². The quantitative estimate of drug-likeness (QED) is 0.0869. The van der Waals surface area contributed by atoms with Gasteiger partial charge in [0.05, 0.1) is 25.2 Å². The summed E-state index contributed by atoms with van der Waals surface area (Å²) < 4.78 is 12.6. The highest BCUT2D eigenvalue weighted by atomic mass is 79.9. The second-order valence-electron chi connectivity index (χ2n) is 14.4. The molecule has 308 valence electrons. The number of nitrogens with two attached hydrogens (primary N) is 1. The monoisotopic (exact) mass is 966 g/mol. The Hall–Kier alpha value is -4.90. The third kappa shape index (κ3) is 11.6. The van der Waals surface area contributed by atoms with Crippen molar-refractivity contribution in [3.05, 3.63) is 149 Å². The Morgan fingerprint density at radius 2 is 1.25 bits per heavy atom. The molecule has 8 rings (SSSR count). The molecule has 6 N–H and O–H groups in total. The van der Waals surface area contributed by atoms with Gasteiger partial charge < -0.3 is 45.4 Å². The second kappa shape index (κ2) is 19.4. The van der Waals surface area contributed by atoms with Crippen LogP contribution in [-0.2, 0) is 25.9 Å². The first-order valence-electron chi connectivity index (χ1n) is 18.3. The van der Waals surface area contributed by atoms with Gasteiger partial charge in [-0.15, -0.1) is 0 Å². The van der Waals surface area contributed by atoms with E-state index in [1.54, 1.807) is 36.7 Å². The third-order valence-corrected chi connectivity index (χ3v) is 10.6. The van der Waals surface area contributed by atoms with E-state index in [2.05, 4.69) is 69.9 Å². The smallest absolute Gasteiger partial charge is 0.371 e. The summed E-state index contributed by atoms with van der Waals surface area (Å²) in [5.41, 5.74) is 11.4. The van der Waals surface area contributed by atoms with Crippen LogP contribution in [0.5, 0.6) is 0 Å². The predicted octanol–water partition coefficient (Wildman–Crippen LogP) is 9.94. The molecule has 2 aromatic carbocycles. The Morgan fingerprint density at radius 1 is 0.763 bits per heavy atom. The molecule has 0 bridgehead atoms. The fourth-order valence-corrected chi connectivity index (χ4v) is 7.73. The van der Waals surface area contributed by atoms with Crippen molar-refractivity contribution in [2.45, 2.75) is 38.0 Å². The Kier molecular flexibility index (Phi) is 14.4. The number of hydrogen-bond acceptors (Lipinski definition) is 11. The lowest BCUT2D eigenvalue weighted by Crippen LogP contribution is -2.13. The SMILES string of the molecule is CN(C)Cc1ccc(C(=O)Nc2ccc(Cl)c(C3Cc4cc(Br)cnc4N3)c2)o1.CN(C)Cc1ccc(C(=O)O)o1.Nc1ccc(Cl)c(C2Cc3cc(Br)cnc3N2)c1. The number of carboxylic acid groups (broad SMARTS) is 1. The molecule has 0 spiro atoms. The molecule has 2 atom stereocenters. The van der Waals surface area contributed by atoms with Gasteiger partial charge in [-0.1, -0.05) is 23.2 Å². The van der Waals surface area contributed by atoms with Crippen LogP contribution < -0.4 is 21.7 Å². The maximum Gasteiger partial charge on any atom is 0.371 e. The molecule has 4 aromatic heterocycles. The van der Waals surface area contributed by atoms with Crippen LogP contribution in [0, 0.1) is 0 Å². The molecule has 17 heteroatoms. The highest BCUT2D eigenvalue weighted by molar-refractivity contribution is 9.10. The lowest BCUT2D eigenvalue weighted by molar-refractivity contribution is 0.0659.